The molecule has 5 nitrogen and oxygen atoms in total. The predicted octanol–water partition coefficient (Wildman–Crippen LogP) is 4.47. The van der Waals surface area contributed by atoms with Crippen LogP contribution >= 0.6 is 0 Å². The summed E-state index contributed by atoms with van der Waals surface area (Å²) in [5.74, 6) is 2.42. The fourth-order valence-electron chi connectivity index (χ4n) is 3.24. The van der Waals surface area contributed by atoms with Crippen molar-refractivity contribution in [1.82, 2.24) is 4.98 Å². The van der Waals surface area contributed by atoms with Crippen molar-refractivity contribution < 1.29 is 9.47 Å². The maximum absolute atomic E-state index is 5.98. The van der Waals surface area contributed by atoms with E-state index in [0.717, 1.165) is 64.3 Å². The van der Waals surface area contributed by atoms with Crippen LogP contribution in [0.25, 0.3) is 21.9 Å². The van der Waals surface area contributed by atoms with Crippen molar-refractivity contribution in [3.05, 3.63) is 42.6 Å². The molecular formula is C21H23N3O2. The largest absolute Gasteiger partial charge is 0.486 e. The molecule has 26 heavy (non-hydrogen) atoms. The van der Waals surface area contributed by atoms with Gasteiger partial charge >= 0.3 is 0 Å². The van der Waals surface area contributed by atoms with Gasteiger partial charge in [-0.2, -0.15) is 0 Å². The Labute approximate surface area is 153 Å². The highest BCUT2D eigenvalue weighted by Gasteiger charge is 2.17. The number of aromatic nitrogens is 1. The Kier molecular flexibility index (Phi) is 4.52. The number of unbranched alkanes of at least 4 members (excludes halogenated alkanes) is 1. The highest BCUT2D eigenvalue weighted by atomic mass is 16.6. The second-order valence-corrected chi connectivity index (χ2v) is 6.47. The van der Waals surface area contributed by atoms with Gasteiger partial charge in [0.05, 0.1) is 0 Å². The monoisotopic (exact) mass is 349 g/mol. The zero-order valence-corrected chi connectivity index (χ0v) is 14.9. The Morgan fingerprint density at radius 3 is 2.58 bits per heavy atom. The highest BCUT2D eigenvalue weighted by molar-refractivity contribution is 6.03. The number of nitrogens with two attached hydrogens (primary N) is 1. The molecule has 0 spiro atoms. The average Bonchev–Trinajstić information content (AvgIpc) is 2.67. The average molecular weight is 349 g/mol. The fraction of sp³-hybridized carbons (Fsp3) is 0.286. The minimum Gasteiger partial charge on any atom is -0.486 e. The first-order valence-electron chi connectivity index (χ1n) is 9.08. The van der Waals surface area contributed by atoms with Crippen LogP contribution in [0.5, 0.6) is 11.5 Å². The third kappa shape index (κ3) is 3.12. The first kappa shape index (κ1) is 16.5. The number of nitrogens with zero attached hydrogens (tertiary/aromatic N) is 1. The summed E-state index contributed by atoms with van der Waals surface area (Å²) in [5, 5.41) is 5.56. The van der Waals surface area contributed by atoms with Crippen LogP contribution in [0.4, 0.5) is 11.5 Å². The number of nitrogen functional groups attached to an aromatic ring is 1. The molecule has 0 bridgehead atoms. The molecule has 1 aliphatic rings. The van der Waals surface area contributed by atoms with Crippen LogP contribution < -0.4 is 20.5 Å². The van der Waals surface area contributed by atoms with Crippen molar-refractivity contribution >= 4 is 22.3 Å². The molecule has 0 radical (unpaired) electrons. The standard InChI is InChI=1S/C21H23N3O2/c1-2-3-7-23-21-17-12-20-19(25-8-9-26-20)11-16(17)18(13-24-21)14-5-4-6-15(22)10-14/h4-6,10-13H,2-3,7-9,22H2,1H3,(H,23,24). The van der Waals surface area contributed by atoms with Crippen LogP contribution in [-0.2, 0) is 0 Å². The van der Waals surface area contributed by atoms with Crippen molar-refractivity contribution in [2.45, 2.75) is 19.8 Å². The lowest BCUT2D eigenvalue weighted by molar-refractivity contribution is 0.172. The van der Waals surface area contributed by atoms with Gasteiger partial charge in [0.25, 0.3) is 0 Å². The maximum Gasteiger partial charge on any atom is 0.162 e. The number of anilines is 2. The molecule has 0 unspecified atom stereocenters. The first-order chi connectivity index (χ1) is 12.8. The molecule has 0 atom stereocenters. The van der Waals surface area contributed by atoms with E-state index < -0.39 is 0 Å². The Balaban J connectivity index is 1.88. The maximum atomic E-state index is 5.98. The van der Waals surface area contributed by atoms with Crippen LogP contribution in [0.3, 0.4) is 0 Å². The first-order valence-corrected chi connectivity index (χ1v) is 9.08. The van der Waals surface area contributed by atoms with E-state index in [1.165, 1.54) is 0 Å². The lowest BCUT2D eigenvalue weighted by Crippen LogP contribution is -2.15. The van der Waals surface area contributed by atoms with Crippen LogP contribution in [0.2, 0.25) is 0 Å². The summed E-state index contributed by atoms with van der Waals surface area (Å²) in [6.07, 6.45) is 4.14. The van der Waals surface area contributed by atoms with Crippen molar-refractivity contribution in [3.63, 3.8) is 0 Å². The van der Waals surface area contributed by atoms with Crippen molar-refractivity contribution in [1.29, 1.82) is 0 Å². The van der Waals surface area contributed by atoms with Gasteiger partial charge in [0, 0.05) is 29.4 Å². The number of benzene rings is 2. The lowest BCUT2D eigenvalue weighted by Gasteiger charge is -2.21. The van der Waals surface area contributed by atoms with Crippen molar-refractivity contribution in [2.75, 3.05) is 30.8 Å². The van der Waals surface area contributed by atoms with Gasteiger partial charge in [-0.05, 0) is 41.6 Å². The number of nitrogens with one attached hydrogen (secondary N) is 1. The van der Waals surface area contributed by atoms with E-state index in [9.17, 15) is 0 Å². The molecule has 1 aromatic heterocycles. The van der Waals surface area contributed by atoms with Gasteiger partial charge in [0.1, 0.15) is 19.0 Å². The predicted molar refractivity (Wildman–Crippen MR) is 106 cm³/mol. The third-order valence-corrected chi connectivity index (χ3v) is 4.57. The van der Waals surface area contributed by atoms with Gasteiger partial charge in [-0.3, -0.25) is 0 Å². The van der Waals surface area contributed by atoms with Crippen molar-refractivity contribution in [3.8, 4) is 22.6 Å². The highest BCUT2D eigenvalue weighted by Crippen LogP contribution is 2.40. The summed E-state index contributed by atoms with van der Waals surface area (Å²) in [5.41, 5.74) is 8.79. The summed E-state index contributed by atoms with van der Waals surface area (Å²) in [4.78, 5) is 4.69. The van der Waals surface area contributed by atoms with Gasteiger partial charge in [0.2, 0.25) is 0 Å². The zero-order chi connectivity index (χ0) is 17.9. The van der Waals surface area contributed by atoms with E-state index in [1.807, 2.05) is 36.5 Å². The Morgan fingerprint density at radius 2 is 1.85 bits per heavy atom. The molecule has 0 amide bonds. The molecule has 0 aliphatic carbocycles. The van der Waals surface area contributed by atoms with Gasteiger partial charge in [-0.15, -0.1) is 0 Å². The van der Waals surface area contributed by atoms with Crippen molar-refractivity contribution in [2.24, 2.45) is 0 Å². The Morgan fingerprint density at radius 1 is 1.08 bits per heavy atom. The van der Waals surface area contributed by atoms with Gasteiger partial charge in [0.15, 0.2) is 11.5 Å². The third-order valence-electron chi connectivity index (χ3n) is 4.57. The van der Waals surface area contributed by atoms with Gasteiger partial charge in [-0.1, -0.05) is 25.5 Å². The normalized spacial score (nSPS) is 13.0. The zero-order valence-electron chi connectivity index (χ0n) is 14.9. The number of pyridine rings is 1. The van der Waals surface area contributed by atoms with Crippen LogP contribution in [0.1, 0.15) is 19.8 Å². The van der Waals surface area contributed by atoms with E-state index >= 15 is 0 Å². The van der Waals surface area contributed by atoms with E-state index in [0.29, 0.717) is 13.2 Å². The van der Waals surface area contributed by atoms with Crippen LogP contribution in [0, 0.1) is 0 Å². The summed E-state index contributed by atoms with van der Waals surface area (Å²) in [7, 11) is 0. The molecule has 4 rings (SSSR count). The Hall–Kier alpha value is -2.95. The molecular weight excluding hydrogens is 326 g/mol. The molecule has 5 heteroatoms. The van der Waals surface area contributed by atoms with Gasteiger partial charge in [-0.25, -0.2) is 4.98 Å². The van der Waals surface area contributed by atoms with E-state index in [-0.39, 0.29) is 0 Å². The molecule has 134 valence electrons. The molecule has 0 fully saturated rings. The summed E-state index contributed by atoms with van der Waals surface area (Å²) < 4.78 is 11.6. The number of fused-ring (bicyclic) bond motifs is 2. The molecule has 2 aromatic carbocycles. The molecule has 1 aliphatic heterocycles. The van der Waals surface area contributed by atoms with E-state index in [2.05, 4.69) is 23.3 Å². The molecule has 3 N–H and O–H groups in total. The van der Waals surface area contributed by atoms with E-state index in [1.54, 1.807) is 0 Å². The van der Waals surface area contributed by atoms with Gasteiger partial charge < -0.3 is 20.5 Å². The molecule has 2 heterocycles. The quantitative estimate of drug-likeness (QED) is 0.525. The van der Waals surface area contributed by atoms with Crippen LogP contribution in [-0.4, -0.2) is 24.7 Å². The number of ether oxygens (including phenoxy) is 2. The Bertz CT molecular complexity index is 940. The summed E-state index contributed by atoms with van der Waals surface area (Å²) in [6.45, 7) is 4.21. The molecule has 0 saturated heterocycles. The topological polar surface area (TPSA) is 69.4 Å². The molecule has 3 aromatic rings. The summed E-state index contributed by atoms with van der Waals surface area (Å²) >= 11 is 0. The fourth-order valence-corrected chi connectivity index (χ4v) is 3.24. The number of hydrogen-bond acceptors (Lipinski definition) is 5. The minimum atomic E-state index is 0.568. The number of hydrogen-bond donors (Lipinski definition) is 2. The second-order valence-electron chi connectivity index (χ2n) is 6.47. The molecule has 0 saturated carbocycles. The second kappa shape index (κ2) is 7.12. The number of rotatable bonds is 5. The minimum absolute atomic E-state index is 0.568. The van der Waals surface area contributed by atoms with Crippen LogP contribution in [0.15, 0.2) is 42.6 Å². The van der Waals surface area contributed by atoms with E-state index in [4.69, 9.17) is 15.2 Å². The summed E-state index contributed by atoms with van der Waals surface area (Å²) in [6, 6.07) is 11.9. The smallest absolute Gasteiger partial charge is 0.162 e. The lowest BCUT2D eigenvalue weighted by atomic mass is 9.99. The SMILES string of the molecule is CCCCNc1ncc(-c2cccc(N)c2)c2cc3c(cc12)OCCO3.